The topological polar surface area (TPSA) is 76.0 Å². The van der Waals surface area contributed by atoms with Crippen molar-refractivity contribution in [1.82, 2.24) is 0 Å². The molecule has 44 heavy (non-hydrogen) atoms. The van der Waals surface area contributed by atoms with E-state index in [0.29, 0.717) is 30.8 Å². The lowest BCUT2D eigenvalue weighted by molar-refractivity contribution is -0.138. The minimum Gasteiger partial charge on any atom is -0.493 e. The van der Waals surface area contributed by atoms with E-state index in [2.05, 4.69) is 75.0 Å². The van der Waals surface area contributed by atoms with Gasteiger partial charge in [0.2, 0.25) is 0 Å². The van der Waals surface area contributed by atoms with Crippen molar-refractivity contribution >= 4 is 5.97 Å². The molecule has 5 nitrogen and oxygen atoms in total. The predicted molar refractivity (Wildman–Crippen MR) is 180 cm³/mol. The van der Waals surface area contributed by atoms with Crippen LogP contribution in [0.25, 0.3) is 11.1 Å². The number of carbonyl (C=O) groups is 1. The van der Waals surface area contributed by atoms with Gasteiger partial charge in [-0.25, -0.2) is 4.79 Å². The average Bonchev–Trinajstić information content (AvgIpc) is 3.04. The summed E-state index contributed by atoms with van der Waals surface area (Å²) in [5.74, 6) is 0.307. The molecule has 0 aliphatic carbocycles. The van der Waals surface area contributed by atoms with Gasteiger partial charge in [-0.3, -0.25) is 0 Å². The number of esters is 1. The second-order valence-electron chi connectivity index (χ2n) is 12.3. The summed E-state index contributed by atoms with van der Waals surface area (Å²) in [5.41, 5.74) is 8.42. The molecule has 0 unspecified atom stereocenters. The van der Waals surface area contributed by atoms with E-state index >= 15 is 0 Å². The van der Waals surface area contributed by atoms with Crippen LogP contribution in [0.2, 0.25) is 0 Å². The van der Waals surface area contributed by atoms with Gasteiger partial charge in [-0.2, -0.15) is 0 Å². The summed E-state index contributed by atoms with van der Waals surface area (Å²) in [5, 5.41) is 19.3. The van der Waals surface area contributed by atoms with Crippen LogP contribution in [0.5, 0.6) is 5.75 Å². The Morgan fingerprint density at radius 3 is 2.09 bits per heavy atom. The summed E-state index contributed by atoms with van der Waals surface area (Å²) < 4.78 is 11.5. The van der Waals surface area contributed by atoms with Crippen LogP contribution >= 0.6 is 0 Å². The van der Waals surface area contributed by atoms with Gasteiger partial charge in [0, 0.05) is 17.4 Å². The number of rotatable bonds is 19. The van der Waals surface area contributed by atoms with E-state index in [9.17, 15) is 15.0 Å². The Balaban J connectivity index is 1.75. The first-order valence-electron chi connectivity index (χ1n) is 16.2. The van der Waals surface area contributed by atoms with Gasteiger partial charge in [0.15, 0.2) is 0 Å². The number of hydrogen-bond acceptors (Lipinski definition) is 5. The number of unbranched alkanes of at least 4 members (excludes halogenated alkanes) is 2. The van der Waals surface area contributed by atoms with Crippen LogP contribution in [0, 0.1) is 5.41 Å². The fourth-order valence-electron chi connectivity index (χ4n) is 5.19. The standard InChI is InChI=1S/C39H52O5/c1-6-8-9-10-30-11-13-31(14-12-30)15-16-32-17-19-36(33(7-2)25-32)34-18-20-37(43-24-22-39(5,27-40)28-41)35(26-34)21-23-44-38(42)29(3)4/h11-14,17-20,25-26,40-41H,3,6-10,15-16,21-24,27-28H2,1-2,4-5H3. The highest BCUT2D eigenvalue weighted by atomic mass is 16.5. The van der Waals surface area contributed by atoms with E-state index in [1.807, 2.05) is 13.0 Å². The Labute approximate surface area is 264 Å². The lowest BCUT2D eigenvalue weighted by atomic mass is 9.89. The quantitative estimate of drug-likeness (QED) is 0.0832. The van der Waals surface area contributed by atoms with Crippen molar-refractivity contribution in [2.45, 2.75) is 85.5 Å². The molecule has 0 fully saturated rings. The molecule has 0 bridgehead atoms. The normalized spacial score (nSPS) is 11.4. The molecule has 5 heteroatoms. The van der Waals surface area contributed by atoms with Crippen molar-refractivity contribution in [3.05, 3.63) is 101 Å². The van der Waals surface area contributed by atoms with Gasteiger partial charge >= 0.3 is 5.97 Å². The first-order valence-corrected chi connectivity index (χ1v) is 16.2. The van der Waals surface area contributed by atoms with E-state index in [1.54, 1.807) is 6.92 Å². The number of hydrogen-bond donors (Lipinski definition) is 2. The zero-order valence-corrected chi connectivity index (χ0v) is 27.3. The van der Waals surface area contributed by atoms with Crippen LogP contribution in [0.3, 0.4) is 0 Å². The third-order valence-electron chi connectivity index (χ3n) is 8.40. The lowest BCUT2D eigenvalue weighted by Crippen LogP contribution is -2.28. The molecule has 0 amide bonds. The Kier molecular flexibility index (Phi) is 14.2. The van der Waals surface area contributed by atoms with E-state index in [1.165, 1.54) is 47.1 Å². The maximum absolute atomic E-state index is 12.0. The molecule has 0 aromatic heterocycles. The second-order valence-corrected chi connectivity index (χ2v) is 12.3. The maximum Gasteiger partial charge on any atom is 0.333 e. The third kappa shape index (κ3) is 10.6. The van der Waals surface area contributed by atoms with E-state index < -0.39 is 11.4 Å². The molecule has 0 radical (unpaired) electrons. The van der Waals surface area contributed by atoms with Gasteiger partial charge < -0.3 is 19.7 Å². The van der Waals surface area contributed by atoms with Crippen LogP contribution in [-0.4, -0.2) is 42.6 Å². The molecule has 0 saturated heterocycles. The number of aliphatic hydroxyl groups excluding tert-OH is 2. The van der Waals surface area contributed by atoms with Crippen molar-refractivity contribution in [2.75, 3.05) is 26.4 Å². The minimum absolute atomic E-state index is 0.114. The monoisotopic (exact) mass is 600 g/mol. The SMILES string of the molecule is C=C(C)C(=O)OCCc1cc(-c2ccc(CCc3ccc(CCCCC)cc3)cc2CC)ccc1OCCC(C)(CO)CO. The Morgan fingerprint density at radius 2 is 1.45 bits per heavy atom. The highest BCUT2D eigenvalue weighted by Gasteiger charge is 2.22. The van der Waals surface area contributed by atoms with Crippen LogP contribution in [0.1, 0.15) is 81.2 Å². The molecule has 0 aliphatic heterocycles. The van der Waals surface area contributed by atoms with Crippen LogP contribution in [-0.2, 0) is 41.6 Å². The molecular weight excluding hydrogens is 548 g/mol. The summed E-state index contributed by atoms with van der Waals surface area (Å²) >= 11 is 0. The fraction of sp³-hybridized carbons (Fsp3) is 0.462. The third-order valence-corrected chi connectivity index (χ3v) is 8.40. The number of carbonyl (C=O) groups excluding carboxylic acids is 1. The zero-order valence-electron chi connectivity index (χ0n) is 27.3. The van der Waals surface area contributed by atoms with Crippen molar-refractivity contribution in [2.24, 2.45) is 5.41 Å². The summed E-state index contributed by atoms with van der Waals surface area (Å²) in [6.45, 7) is 11.9. The number of aryl methyl sites for hydroxylation is 4. The molecule has 238 valence electrons. The summed E-state index contributed by atoms with van der Waals surface area (Å²) in [6.07, 6.45) is 8.90. The van der Waals surface area contributed by atoms with E-state index in [0.717, 1.165) is 36.8 Å². The Morgan fingerprint density at radius 1 is 0.795 bits per heavy atom. The molecule has 0 aliphatic rings. The minimum atomic E-state index is -0.605. The molecule has 0 saturated carbocycles. The molecular formula is C39H52O5. The van der Waals surface area contributed by atoms with E-state index in [4.69, 9.17) is 9.47 Å². The smallest absolute Gasteiger partial charge is 0.333 e. The van der Waals surface area contributed by atoms with Gasteiger partial charge in [-0.05, 0) is 96.5 Å². The van der Waals surface area contributed by atoms with Crippen LogP contribution in [0.4, 0.5) is 0 Å². The molecule has 0 atom stereocenters. The average molecular weight is 601 g/mol. The molecule has 3 aromatic rings. The summed E-state index contributed by atoms with van der Waals surface area (Å²) in [4.78, 5) is 12.0. The van der Waals surface area contributed by atoms with Crippen molar-refractivity contribution in [3.63, 3.8) is 0 Å². The highest BCUT2D eigenvalue weighted by molar-refractivity contribution is 5.86. The van der Waals surface area contributed by atoms with Crippen molar-refractivity contribution in [1.29, 1.82) is 0 Å². The van der Waals surface area contributed by atoms with Gasteiger partial charge in [-0.1, -0.05) is 88.7 Å². The largest absolute Gasteiger partial charge is 0.493 e. The summed E-state index contributed by atoms with van der Waals surface area (Å²) in [7, 11) is 0. The number of ether oxygens (including phenoxy) is 2. The molecule has 2 N–H and O–H groups in total. The molecule has 0 heterocycles. The lowest BCUT2D eigenvalue weighted by Gasteiger charge is -2.24. The Bertz CT molecular complexity index is 1340. The fourth-order valence-corrected chi connectivity index (χ4v) is 5.19. The second kappa shape index (κ2) is 17.8. The first kappa shape index (κ1) is 35.1. The van der Waals surface area contributed by atoms with Crippen molar-refractivity contribution < 1.29 is 24.5 Å². The number of benzene rings is 3. The zero-order chi connectivity index (χ0) is 32.0. The highest BCUT2D eigenvalue weighted by Crippen LogP contribution is 2.31. The van der Waals surface area contributed by atoms with Gasteiger partial charge in [0.05, 0.1) is 26.4 Å². The van der Waals surface area contributed by atoms with Gasteiger partial charge in [0.25, 0.3) is 0 Å². The van der Waals surface area contributed by atoms with Crippen LogP contribution < -0.4 is 4.74 Å². The molecule has 3 aromatic carbocycles. The molecule has 0 spiro atoms. The van der Waals surface area contributed by atoms with Crippen molar-refractivity contribution in [3.8, 4) is 16.9 Å². The number of aliphatic hydroxyl groups is 2. The Hall–Kier alpha value is -3.41. The van der Waals surface area contributed by atoms with E-state index in [-0.39, 0.29) is 19.8 Å². The van der Waals surface area contributed by atoms with Gasteiger partial charge in [0.1, 0.15) is 5.75 Å². The molecule has 3 rings (SSSR count). The van der Waals surface area contributed by atoms with Gasteiger partial charge in [-0.15, -0.1) is 0 Å². The maximum atomic E-state index is 12.0. The first-order chi connectivity index (χ1) is 21.2. The summed E-state index contributed by atoms with van der Waals surface area (Å²) in [6, 6.07) is 22.1. The predicted octanol–water partition coefficient (Wildman–Crippen LogP) is 7.86. The van der Waals surface area contributed by atoms with Crippen LogP contribution in [0.15, 0.2) is 72.8 Å².